The number of carbonyl (C=O) groups is 1. The highest BCUT2D eigenvalue weighted by Gasteiger charge is 2.12. The topological polar surface area (TPSA) is 55.1 Å². The molecule has 0 aromatic heterocycles. The summed E-state index contributed by atoms with van der Waals surface area (Å²) in [5.74, 6) is -1.20. The van der Waals surface area contributed by atoms with Gasteiger partial charge in [-0.2, -0.15) is 0 Å². The molecule has 0 spiro atoms. The van der Waals surface area contributed by atoms with Crippen LogP contribution >= 0.6 is 11.8 Å². The summed E-state index contributed by atoms with van der Waals surface area (Å²) in [4.78, 5) is 11.2. The zero-order chi connectivity index (χ0) is 13.7. The van der Waals surface area contributed by atoms with Gasteiger partial charge in [-0.1, -0.05) is 0 Å². The number of carbonyl (C=O) groups excluding carboxylic acids is 1. The first kappa shape index (κ1) is 14.8. The summed E-state index contributed by atoms with van der Waals surface area (Å²) < 4.78 is 26.8. The molecule has 0 fully saturated rings. The Labute approximate surface area is 109 Å². The normalized spacial score (nSPS) is 10.7. The highest BCUT2D eigenvalue weighted by Crippen LogP contribution is 2.27. The van der Waals surface area contributed by atoms with E-state index in [4.69, 9.17) is 5.73 Å². The third kappa shape index (κ3) is 4.52. The van der Waals surface area contributed by atoms with Crippen LogP contribution in [-0.2, 0) is 4.79 Å². The van der Waals surface area contributed by atoms with E-state index < -0.39 is 11.6 Å². The van der Waals surface area contributed by atoms with Gasteiger partial charge in [0.2, 0.25) is 5.91 Å². The summed E-state index contributed by atoms with van der Waals surface area (Å²) >= 11 is 0.971. The molecular weight excluding hydrogens is 258 g/mol. The maximum absolute atomic E-state index is 13.4. The number of rotatable bonds is 5. The Morgan fingerprint density at radius 2 is 1.94 bits per heavy atom. The number of nitrogens with one attached hydrogen (secondary N) is 1. The number of thioether (sulfide) groups is 1. The van der Waals surface area contributed by atoms with Crippen molar-refractivity contribution < 1.29 is 13.6 Å². The molecule has 18 heavy (non-hydrogen) atoms. The van der Waals surface area contributed by atoms with Gasteiger partial charge in [0.05, 0.1) is 4.90 Å². The summed E-state index contributed by atoms with van der Waals surface area (Å²) in [5.41, 5.74) is 5.35. The lowest BCUT2D eigenvalue weighted by Crippen LogP contribution is -2.30. The second-order valence-corrected chi connectivity index (χ2v) is 5.24. The van der Waals surface area contributed by atoms with Gasteiger partial charge in [0.25, 0.3) is 0 Å². The Hall–Kier alpha value is -1.30. The van der Waals surface area contributed by atoms with Crippen LogP contribution in [-0.4, -0.2) is 17.7 Å². The number of nitrogen functional groups attached to an aromatic ring is 1. The van der Waals surface area contributed by atoms with E-state index in [1.165, 1.54) is 0 Å². The first-order valence-electron chi connectivity index (χ1n) is 5.57. The van der Waals surface area contributed by atoms with Crippen LogP contribution in [0.3, 0.4) is 0 Å². The molecule has 1 rings (SSSR count). The Balaban J connectivity index is 2.52. The fourth-order valence-electron chi connectivity index (χ4n) is 1.36. The van der Waals surface area contributed by atoms with Gasteiger partial charge in [-0.3, -0.25) is 4.79 Å². The molecule has 0 bridgehead atoms. The maximum atomic E-state index is 13.4. The van der Waals surface area contributed by atoms with Gasteiger partial charge < -0.3 is 11.1 Å². The summed E-state index contributed by atoms with van der Waals surface area (Å²) in [6, 6.07) is 2.20. The molecule has 0 aliphatic rings. The van der Waals surface area contributed by atoms with Gasteiger partial charge in [0.1, 0.15) is 11.6 Å². The largest absolute Gasteiger partial charge is 0.399 e. The molecular formula is C12H16F2N2OS. The minimum atomic E-state index is -0.693. The molecule has 3 nitrogen and oxygen atoms in total. The van der Waals surface area contributed by atoms with Crippen molar-refractivity contribution in [3.8, 4) is 0 Å². The standard InChI is InChI=1S/C12H16F2N2OS/c1-7(2)16-11(17)3-4-18-12-9(13)5-8(15)6-10(12)14/h5-7H,3-4,15H2,1-2H3,(H,16,17). The Morgan fingerprint density at radius 1 is 1.39 bits per heavy atom. The summed E-state index contributed by atoms with van der Waals surface area (Å²) in [6.45, 7) is 3.70. The van der Waals surface area contributed by atoms with Crippen LogP contribution in [0.5, 0.6) is 0 Å². The van der Waals surface area contributed by atoms with E-state index in [2.05, 4.69) is 5.32 Å². The average molecular weight is 274 g/mol. The van der Waals surface area contributed by atoms with Gasteiger partial charge in [-0.15, -0.1) is 11.8 Å². The molecule has 1 amide bonds. The van der Waals surface area contributed by atoms with E-state index in [9.17, 15) is 13.6 Å². The molecule has 0 saturated heterocycles. The predicted octanol–water partition coefficient (Wildman–Crippen LogP) is 2.55. The molecule has 100 valence electrons. The number of hydrogen-bond acceptors (Lipinski definition) is 3. The van der Waals surface area contributed by atoms with Crippen molar-refractivity contribution in [1.29, 1.82) is 0 Å². The number of amides is 1. The third-order valence-electron chi connectivity index (χ3n) is 2.05. The number of nitrogens with two attached hydrogens (primary N) is 1. The molecule has 0 unspecified atom stereocenters. The Bertz CT molecular complexity index is 415. The second kappa shape index (κ2) is 6.58. The first-order valence-corrected chi connectivity index (χ1v) is 6.55. The first-order chi connectivity index (χ1) is 8.40. The summed E-state index contributed by atoms with van der Waals surface area (Å²) in [6.07, 6.45) is 0.214. The molecule has 0 aliphatic heterocycles. The predicted molar refractivity (Wildman–Crippen MR) is 69.4 cm³/mol. The smallest absolute Gasteiger partial charge is 0.221 e. The van der Waals surface area contributed by atoms with Crippen molar-refractivity contribution in [2.75, 3.05) is 11.5 Å². The molecule has 1 aromatic carbocycles. The van der Waals surface area contributed by atoms with Crippen LogP contribution in [0.15, 0.2) is 17.0 Å². The number of anilines is 1. The van der Waals surface area contributed by atoms with Gasteiger partial charge in [0.15, 0.2) is 0 Å². The summed E-state index contributed by atoms with van der Waals surface area (Å²) in [5, 5.41) is 2.71. The molecule has 0 heterocycles. The monoisotopic (exact) mass is 274 g/mol. The average Bonchev–Trinajstić information content (AvgIpc) is 2.20. The number of halogens is 2. The fraction of sp³-hybridized carbons (Fsp3) is 0.417. The minimum absolute atomic E-state index is 0.0481. The van der Waals surface area contributed by atoms with Gasteiger partial charge in [0, 0.05) is 23.9 Å². The molecule has 0 atom stereocenters. The summed E-state index contributed by atoms with van der Waals surface area (Å²) in [7, 11) is 0. The lowest BCUT2D eigenvalue weighted by Gasteiger charge is -2.08. The van der Waals surface area contributed by atoms with Crippen LogP contribution in [0.1, 0.15) is 20.3 Å². The van der Waals surface area contributed by atoms with Crippen molar-refractivity contribution in [2.45, 2.75) is 31.2 Å². The molecule has 0 saturated carbocycles. The van der Waals surface area contributed by atoms with Crippen LogP contribution in [0.2, 0.25) is 0 Å². The van der Waals surface area contributed by atoms with Crippen molar-refractivity contribution in [2.24, 2.45) is 0 Å². The minimum Gasteiger partial charge on any atom is -0.399 e. The molecule has 0 radical (unpaired) electrons. The van der Waals surface area contributed by atoms with E-state index in [1.54, 1.807) is 0 Å². The van der Waals surface area contributed by atoms with E-state index in [0.29, 0.717) is 5.75 Å². The molecule has 0 aliphatic carbocycles. The van der Waals surface area contributed by atoms with Crippen LogP contribution in [0.4, 0.5) is 14.5 Å². The Morgan fingerprint density at radius 3 is 2.44 bits per heavy atom. The molecule has 1 aromatic rings. The number of benzene rings is 1. The van der Waals surface area contributed by atoms with Gasteiger partial charge in [-0.25, -0.2) is 8.78 Å². The number of hydrogen-bond donors (Lipinski definition) is 2. The van der Waals surface area contributed by atoms with E-state index in [1.807, 2.05) is 13.8 Å². The van der Waals surface area contributed by atoms with Crippen molar-refractivity contribution in [3.63, 3.8) is 0 Å². The molecule has 3 N–H and O–H groups in total. The van der Waals surface area contributed by atoms with Crippen molar-refractivity contribution in [1.82, 2.24) is 5.32 Å². The fourth-order valence-corrected chi connectivity index (χ4v) is 2.24. The van der Waals surface area contributed by atoms with E-state index >= 15 is 0 Å². The van der Waals surface area contributed by atoms with Gasteiger partial charge >= 0.3 is 0 Å². The SMILES string of the molecule is CC(C)NC(=O)CCSc1c(F)cc(N)cc1F. The maximum Gasteiger partial charge on any atom is 0.221 e. The lowest BCUT2D eigenvalue weighted by molar-refractivity contribution is -0.121. The van der Waals surface area contributed by atoms with Crippen molar-refractivity contribution in [3.05, 3.63) is 23.8 Å². The van der Waals surface area contributed by atoms with E-state index in [0.717, 1.165) is 23.9 Å². The van der Waals surface area contributed by atoms with Crippen LogP contribution < -0.4 is 11.1 Å². The lowest BCUT2D eigenvalue weighted by atomic mass is 10.3. The van der Waals surface area contributed by atoms with E-state index in [-0.39, 0.29) is 29.0 Å². The highest BCUT2D eigenvalue weighted by molar-refractivity contribution is 7.99. The quantitative estimate of drug-likeness (QED) is 0.641. The van der Waals surface area contributed by atoms with Gasteiger partial charge in [-0.05, 0) is 26.0 Å². The highest BCUT2D eigenvalue weighted by atomic mass is 32.2. The van der Waals surface area contributed by atoms with Crippen molar-refractivity contribution >= 4 is 23.4 Å². The van der Waals surface area contributed by atoms with Crippen LogP contribution in [0, 0.1) is 11.6 Å². The molecule has 6 heteroatoms. The second-order valence-electron chi connectivity index (χ2n) is 4.13. The Kier molecular flexibility index (Phi) is 5.40. The third-order valence-corrected chi connectivity index (χ3v) is 3.13. The zero-order valence-corrected chi connectivity index (χ0v) is 11.1. The zero-order valence-electron chi connectivity index (χ0n) is 10.3. The van der Waals surface area contributed by atoms with Crippen LogP contribution in [0.25, 0.3) is 0 Å².